The monoisotopic (exact) mass is 325 g/mol. The van der Waals surface area contributed by atoms with E-state index >= 15 is 0 Å². The van der Waals surface area contributed by atoms with Crippen LogP contribution in [0.3, 0.4) is 0 Å². The van der Waals surface area contributed by atoms with Crippen LogP contribution in [0.25, 0.3) is 0 Å². The molecule has 0 spiro atoms. The lowest BCUT2D eigenvalue weighted by Crippen LogP contribution is -2.27. The third-order valence-electron chi connectivity index (χ3n) is 3.64. The van der Waals surface area contributed by atoms with Crippen molar-refractivity contribution in [3.05, 3.63) is 65.0 Å². The Bertz CT molecular complexity index is 696. The van der Waals surface area contributed by atoms with Crippen molar-refractivity contribution in [2.75, 3.05) is 6.54 Å². The van der Waals surface area contributed by atoms with E-state index in [-0.39, 0.29) is 17.5 Å². The Kier molecular flexibility index (Phi) is 6.49. The highest BCUT2D eigenvalue weighted by Crippen LogP contribution is 2.05. The summed E-state index contributed by atoms with van der Waals surface area (Å²) in [5, 5.41) is 5.65. The molecule has 24 heavy (non-hydrogen) atoms. The van der Waals surface area contributed by atoms with E-state index in [1.807, 2.05) is 31.2 Å². The number of nitrogens with zero attached hydrogens (tertiary/aromatic N) is 1. The normalized spacial score (nSPS) is 10.2. The largest absolute Gasteiger partial charge is 0.351 e. The minimum atomic E-state index is -0.253. The number of pyridine rings is 1. The van der Waals surface area contributed by atoms with Gasteiger partial charge < -0.3 is 10.6 Å². The number of hydrogen-bond donors (Lipinski definition) is 2. The fraction of sp³-hybridized carbons (Fsp3) is 0.316. The van der Waals surface area contributed by atoms with E-state index in [1.54, 1.807) is 6.07 Å². The lowest BCUT2D eigenvalue weighted by Gasteiger charge is -2.07. The van der Waals surface area contributed by atoms with Gasteiger partial charge in [0, 0.05) is 24.8 Å². The van der Waals surface area contributed by atoms with Crippen molar-refractivity contribution in [3.8, 4) is 0 Å². The van der Waals surface area contributed by atoms with E-state index in [4.69, 9.17) is 0 Å². The van der Waals surface area contributed by atoms with Crippen molar-refractivity contribution in [2.24, 2.45) is 0 Å². The predicted molar refractivity (Wildman–Crippen MR) is 93.8 cm³/mol. The average molecular weight is 325 g/mol. The Morgan fingerprint density at radius 3 is 2.50 bits per heavy atom. The molecule has 2 rings (SSSR count). The van der Waals surface area contributed by atoms with Crippen LogP contribution in [-0.4, -0.2) is 23.3 Å². The molecule has 0 fully saturated rings. The third kappa shape index (κ3) is 5.19. The molecule has 0 atom stereocenters. The molecule has 2 aromatic rings. The minimum Gasteiger partial charge on any atom is -0.351 e. The van der Waals surface area contributed by atoms with E-state index in [0.717, 1.165) is 18.4 Å². The molecule has 0 aliphatic rings. The highest BCUT2D eigenvalue weighted by atomic mass is 16.2. The molecule has 2 amide bonds. The molecule has 0 radical (unpaired) electrons. The van der Waals surface area contributed by atoms with Crippen molar-refractivity contribution in [3.63, 3.8) is 0 Å². The number of aromatic nitrogens is 1. The van der Waals surface area contributed by atoms with Gasteiger partial charge in [-0.15, -0.1) is 0 Å². The van der Waals surface area contributed by atoms with Gasteiger partial charge >= 0.3 is 0 Å². The fourth-order valence-corrected chi connectivity index (χ4v) is 2.16. The van der Waals surface area contributed by atoms with Crippen LogP contribution in [0.1, 0.15) is 51.7 Å². The number of benzene rings is 1. The Balaban J connectivity index is 1.95. The summed E-state index contributed by atoms with van der Waals surface area (Å²) in [7, 11) is 0. The molecule has 0 saturated carbocycles. The number of nitrogens with one attached hydrogen (secondary N) is 2. The van der Waals surface area contributed by atoms with Crippen molar-refractivity contribution in [1.29, 1.82) is 0 Å². The number of unbranched alkanes of at least 4 members (excludes halogenated alkanes) is 1. The van der Waals surface area contributed by atoms with Crippen molar-refractivity contribution in [2.45, 2.75) is 33.2 Å². The van der Waals surface area contributed by atoms with Crippen LogP contribution in [-0.2, 0) is 6.54 Å². The SMILES string of the molecule is CCCCNC(=O)c1cc(C(=O)NCc2ccc(C)cc2)ccn1. The topological polar surface area (TPSA) is 71.1 Å². The van der Waals surface area contributed by atoms with Crippen LogP contribution in [0.4, 0.5) is 0 Å². The number of aryl methyl sites for hydroxylation is 1. The first-order valence-corrected chi connectivity index (χ1v) is 8.18. The summed E-state index contributed by atoms with van der Waals surface area (Å²) in [6.07, 6.45) is 3.41. The summed E-state index contributed by atoms with van der Waals surface area (Å²) >= 11 is 0. The average Bonchev–Trinajstić information content (AvgIpc) is 2.61. The molecular weight excluding hydrogens is 302 g/mol. The van der Waals surface area contributed by atoms with Gasteiger partial charge in [-0.2, -0.15) is 0 Å². The highest BCUT2D eigenvalue weighted by molar-refractivity contribution is 5.98. The molecule has 5 nitrogen and oxygen atoms in total. The van der Waals surface area contributed by atoms with E-state index < -0.39 is 0 Å². The van der Waals surface area contributed by atoms with E-state index in [9.17, 15) is 9.59 Å². The first-order chi connectivity index (χ1) is 11.6. The van der Waals surface area contributed by atoms with E-state index in [2.05, 4.69) is 22.5 Å². The quantitative estimate of drug-likeness (QED) is 0.769. The maximum absolute atomic E-state index is 12.2. The van der Waals surface area contributed by atoms with Crippen LogP contribution in [0, 0.1) is 6.92 Å². The van der Waals surface area contributed by atoms with E-state index in [0.29, 0.717) is 18.7 Å². The highest BCUT2D eigenvalue weighted by Gasteiger charge is 2.11. The van der Waals surface area contributed by atoms with Crippen LogP contribution < -0.4 is 10.6 Å². The van der Waals surface area contributed by atoms with Gasteiger partial charge in [0.1, 0.15) is 5.69 Å². The number of carbonyl (C=O) groups excluding carboxylic acids is 2. The molecule has 5 heteroatoms. The molecule has 1 aromatic heterocycles. The summed E-state index contributed by atoms with van der Waals surface area (Å²) in [6.45, 7) is 5.14. The summed E-state index contributed by atoms with van der Waals surface area (Å²) in [5.41, 5.74) is 2.89. The van der Waals surface area contributed by atoms with E-state index in [1.165, 1.54) is 17.8 Å². The Morgan fingerprint density at radius 1 is 1.04 bits per heavy atom. The Hall–Kier alpha value is -2.69. The number of amides is 2. The smallest absolute Gasteiger partial charge is 0.269 e. The maximum atomic E-state index is 12.2. The second-order valence-corrected chi connectivity index (χ2v) is 5.71. The molecule has 126 valence electrons. The molecule has 0 aliphatic carbocycles. The number of carbonyl (C=O) groups is 2. The lowest BCUT2D eigenvalue weighted by atomic mass is 10.1. The second kappa shape index (κ2) is 8.82. The van der Waals surface area contributed by atoms with Crippen LogP contribution in [0.15, 0.2) is 42.6 Å². The molecule has 1 aromatic carbocycles. The van der Waals surface area contributed by atoms with Gasteiger partial charge in [0.25, 0.3) is 11.8 Å². The molecular formula is C19H23N3O2. The molecule has 2 N–H and O–H groups in total. The Labute approximate surface area is 142 Å². The van der Waals surface area contributed by atoms with Gasteiger partial charge in [-0.3, -0.25) is 14.6 Å². The van der Waals surface area contributed by atoms with Gasteiger partial charge in [0.05, 0.1) is 0 Å². The number of hydrogen-bond acceptors (Lipinski definition) is 3. The maximum Gasteiger partial charge on any atom is 0.269 e. The number of rotatable bonds is 7. The van der Waals surface area contributed by atoms with Crippen LogP contribution in [0.5, 0.6) is 0 Å². The summed E-state index contributed by atoms with van der Waals surface area (Å²) in [6, 6.07) is 11.1. The van der Waals surface area contributed by atoms with Crippen LogP contribution in [0.2, 0.25) is 0 Å². The standard InChI is InChI=1S/C19H23N3O2/c1-3-4-10-21-19(24)17-12-16(9-11-20-17)18(23)22-13-15-7-5-14(2)6-8-15/h5-9,11-12H,3-4,10,13H2,1-2H3,(H,21,24)(H,22,23). The molecule has 0 unspecified atom stereocenters. The Morgan fingerprint density at radius 2 is 1.79 bits per heavy atom. The van der Waals surface area contributed by atoms with Gasteiger partial charge in [-0.05, 0) is 31.0 Å². The molecule has 0 saturated heterocycles. The van der Waals surface area contributed by atoms with Gasteiger partial charge in [-0.25, -0.2) is 0 Å². The lowest BCUT2D eigenvalue weighted by molar-refractivity contribution is 0.0948. The zero-order valence-electron chi connectivity index (χ0n) is 14.1. The first kappa shape index (κ1) is 17.7. The summed E-state index contributed by atoms with van der Waals surface area (Å²) in [5.74, 6) is -0.475. The van der Waals surface area contributed by atoms with Crippen molar-refractivity contribution in [1.82, 2.24) is 15.6 Å². The zero-order valence-corrected chi connectivity index (χ0v) is 14.1. The summed E-state index contributed by atoms with van der Waals surface area (Å²) < 4.78 is 0. The van der Waals surface area contributed by atoms with Gasteiger partial charge in [0.2, 0.25) is 0 Å². The molecule has 1 heterocycles. The van der Waals surface area contributed by atoms with Crippen molar-refractivity contribution >= 4 is 11.8 Å². The predicted octanol–water partition coefficient (Wildman–Crippen LogP) is 2.85. The molecule has 0 aliphatic heterocycles. The third-order valence-corrected chi connectivity index (χ3v) is 3.64. The fourth-order valence-electron chi connectivity index (χ4n) is 2.16. The van der Waals surface area contributed by atoms with Crippen molar-refractivity contribution < 1.29 is 9.59 Å². The molecule has 0 bridgehead atoms. The van der Waals surface area contributed by atoms with Gasteiger partial charge in [-0.1, -0.05) is 43.2 Å². The van der Waals surface area contributed by atoms with Crippen LogP contribution >= 0.6 is 0 Å². The van der Waals surface area contributed by atoms with Gasteiger partial charge in [0.15, 0.2) is 0 Å². The second-order valence-electron chi connectivity index (χ2n) is 5.71. The zero-order chi connectivity index (χ0) is 17.4. The minimum absolute atomic E-state index is 0.222. The summed E-state index contributed by atoms with van der Waals surface area (Å²) in [4.78, 5) is 28.3. The first-order valence-electron chi connectivity index (χ1n) is 8.18.